The van der Waals surface area contributed by atoms with E-state index in [4.69, 9.17) is 5.14 Å². The third-order valence-corrected chi connectivity index (χ3v) is 6.74. The largest absolute Gasteiger partial charge is 0.380 e. The van der Waals surface area contributed by atoms with Crippen LogP contribution in [0.3, 0.4) is 0 Å². The van der Waals surface area contributed by atoms with Crippen LogP contribution in [0, 0.1) is 0 Å². The number of hydrogen-bond donors (Lipinski definition) is 2. The molecule has 0 spiro atoms. The number of carbonyl (C=O) groups is 1. The van der Waals surface area contributed by atoms with Gasteiger partial charge >= 0.3 is 10.3 Å². The molecule has 3 rings (SSSR count). The van der Waals surface area contributed by atoms with Crippen LogP contribution in [-0.2, 0) is 40.8 Å². The molecule has 0 saturated carbocycles. The van der Waals surface area contributed by atoms with Gasteiger partial charge in [0.25, 0.3) is 0 Å². The van der Waals surface area contributed by atoms with Crippen molar-refractivity contribution >= 4 is 38.9 Å². The molecule has 0 aliphatic rings. The van der Waals surface area contributed by atoms with Gasteiger partial charge in [0.05, 0.1) is 23.9 Å². The van der Waals surface area contributed by atoms with Gasteiger partial charge in [-0.3, -0.25) is 4.79 Å². The van der Waals surface area contributed by atoms with Crippen LogP contribution in [0.15, 0.2) is 35.0 Å². The zero-order chi connectivity index (χ0) is 22.4. The average molecular weight is 481 g/mol. The fourth-order valence-electron chi connectivity index (χ4n) is 2.87. The van der Waals surface area contributed by atoms with Crippen molar-refractivity contribution in [1.29, 1.82) is 0 Å². The Balaban J connectivity index is 1.74. The van der Waals surface area contributed by atoms with Gasteiger partial charge < -0.3 is 9.50 Å². The fraction of sp³-hybridized carbons (Fsp3) is 0.350. The quantitative estimate of drug-likeness (QED) is 0.460. The highest BCUT2D eigenvalue weighted by Crippen LogP contribution is 2.24. The molecule has 2 heterocycles. The summed E-state index contributed by atoms with van der Waals surface area (Å²) in [6.45, 7) is 4.06. The molecule has 0 aliphatic carbocycles. The molecule has 8 nitrogen and oxygen atoms in total. The topological polar surface area (TPSA) is 124 Å². The van der Waals surface area contributed by atoms with Crippen LogP contribution in [0.4, 0.5) is 0 Å². The molecule has 0 bridgehead atoms. The summed E-state index contributed by atoms with van der Waals surface area (Å²) in [5.41, 5.74) is 2.85. The predicted molar refractivity (Wildman–Crippen MR) is 121 cm³/mol. The van der Waals surface area contributed by atoms with Crippen molar-refractivity contribution in [2.75, 3.05) is 0 Å². The van der Waals surface area contributed by atoms with Crippen molar-refractivity contribution < 1.29 is 17.4 Å². The summed E-state index contributed by atoms with van der Waals surface area (Å²) in [5, 5.41) is 13.5. The van der Waals surface area contributed by atoms with E-state index in [1.807, 2.05) is 24.6 Å². The standard InChI is InChI=1S/C20H24N4O4S3/c1-3-14-11-29-19(22-14)10-18(25)24-17(20-23-15(4-2)12-30-20)9-13-5-7-16(8-6-13)28-31(21,26)27/h5-8,11-12,17H,3-4,9-10H2,1-2H3,(H,24,25)(H2,21,26,27)/t17-/m0/s1. The molecule has 0 fully saturated rings. The van der Waals surface area contributed by atoms with E-state index < -0.39 is 10.3 Å². The highest BCUT2D eigenvalue weighted by Gasteiger charge is 2.20. The molecule has 3 aromatic rings. The fourth-order valence-corrected chi connectivity index (χ4v) is 5.08. The number of hydrogen-bond acceptors (Lipinski definition) is 8. The number of thiazole rings is 2. The van der Waals surface area contributed by atoms with Crippen LogP contribution in [0.2, 0.25) is 0 Å². The molecule has 1 aromatic carbocycles. The molecule has 3 N–H and O–H groups in total. The number of aryl methyl sites for hydroxylation is 2. The van der Waals surface area contributed by atoms with E-state index >= 15 is 0 Å². The molecule has 0 aliphatic heterocycles. The minimum absolute atomic E-state index is 0.121. The Morgan fingerprint density at radius 2 is 1.74 bits per heavy atom. The third-order valence-electron chi connectivity index (χ3n) is 4.41. The molecule has 11 heteroatoms. The summed E-state index contributed by atoms with van der Waals surface area (Å²) < 4.78 is 26.8. The first kappa shape index (κ1) is 23.3. The van der Waals surface area contributed by atoms with Crippen molar-refractivity contribution in [3.8, 4) is 5.75 Å². The summed E-state index contributed by atoms with van der Waals surface area (Å²) in [6.07, 6.45) is 2.37. The van der Waals surface area contributed by atoms with Crippen LogP contribution in [0.25, 0.3) is 0 Å². The lowest BCUT2D eigenvalue weighted by Gasteiger charge is -2.17. The molecule has 0 saturated heterocycles. The van der Waals surface area contributed by atoms with Gasteiger partial charge in [0.1, 0.15) is 15.8 Å². The van der Waals surface area contributed by atoms with Gasteiger partial charge in [-0.15, -0.1) is 22.7 Å². The van der Waals surface area contributed by atoms with Crippen LogP contribution >= 0.6 is 22.7 Å². The Bertz CT molecular complexity index is 1120. The van der Waals surface area contributed by atoms with Gasteiger partial charge in [0.2, 0.25) is 5.91 Å². The summed E-state index contributed by atoms with van der Waals surface area (Å²) in [7, 11) is -4.07. The molecule has 31 heavy (non-hydrogen) atoms. The second-order valence-electron chi connectivity index (χ2n) is 6.84. The van der Waals surface area contributed by atoms with Crippen molar-refractivity contribution in [1.82, 2.24) is 15.3 Å². The molecule has 0 unspecified atom stereocenters. The predicted octanol–water partition coefficient (Wildman–Crippen LogP) is 2.95. The molecule has 166 valence electrons. The van der Waals surface area contributed by atoms with Gasteiger partial charge in [-0.2, -0.15) is 13.6 Å². The van der Waals surface area contributed by atoms with Gasteiger partial charge in [-0.05, 0) is 37.0 Å². The monoisotopic (exact) mass is 480 g/mol. The molecular weight excluding hydrogens is 456 g/mol. The Kier molecular flexibility index (Phi) is 7.76. The maximum atomic E-state index is 12.7. The number of carbonyl (C=O) groups excluding carboxylic acids is 1. The third kappa shape index (κ3) is 7.10. The van der Waals surface area contributed by atoms with E-state index in [9.17, 15) is 13.2 Å². The van der Waals surface area contributed by atoms with Gasteiger partial charge in [0, 0.05) is 10.8 Å². The summed E-state index contributed by atoms with van der Waals surface area (Å²) in [5.74, 6) is 0.00859. The van der Waals surface area contributed by atoms with Crippen LogP contribution < -0.4 is 14.6 Å². The summed E-state index contributed by atoms with van der Waals surface area (Å²) in [4.78, 5) is 21.8. The Morgan fingerprint density at radius 1 is 1.10 bits per heavy atom. The maximum absolute atomic E-state index is 12.7. The first-order valence-corrected chi connectivity index (χ1v) is 13.0. The Hall–Kier alpha value is -2.34. The van der Waals surface area contributed by atoms with E-state index in [1.54, 1.807) is 12.1 Å². The Morgan fingerprint density at radius 3 is 2.32 bits per heavy atom. The lowest BCUT2D eigenvalue weighted by molar-refractivity contribution is -0.121. The minimum Gasteiger partial charge on any atom is -0.371 e. The zero-order valence-corrected chi connectivity index (χ0v) is 19.6. The Labute approximate surface area is 189 Å². The number of nitrogens with zero attached hydrogens (tertiary/aromatic N) is 2. The van der Waals surface area contributed by atoms with Gasteiger partial charge in [-0.25, -0.2) is 9.97 Å². The second-order valence-corrected chi connectivity index (χ2v) is 9.82. The van der Waals surface area contributed by atoms with E-state index in [2.05, 4.69) is 19.5 Å². The van der Waals surface area contributed by atoms with Crippen molar-refractivity contribution in [2.45, 2.75) is 45.6 Å². The SMILES string of the molecule is CCc1csc(CC(=O)N[C@@H](Cc2ccc(OS(N)(=O)=O)cc2)c2nc(CC)cs2)n1. The maximum Gasteiger partial charge on any atom is 0.380 e. The first-order chi connectivity index (χ1) is 14.8. The first-order valence-electron chi connectivity index (χ1n) is 9.73. The van der Waals surface area contributed by atoms with Crippen LogP contribution in [-0.4, -0.2) is 24.3 Å². The molecule has 1 amide bonds. The number of amides is 1. The lowest BCUT2D eigenvalue weighted by atomic mass is 10.1. The van der Waals surface area contributed by atoms with Crippen molar-refractivity contribution in [3.63, 3.8) is 0 Å². The number of rotatable bonds is 10. The lowest BCUT2D eigenvalue weighted by Crippen LogP contribution is -2.31. The second kappa shape index (κ2) is 10.3. The van der Waals surface area contributed by atoms with Crippen LogP contribution in [0.1, 0.15) is 46.9 Å². The summed E-state index contributed by atoms with van der Waals surface area (Å²) >= 11 is 2.99. The van der Waals surface area contributed by atoms with Gasteiger partial charge in [-0.1, -0.05) is 26.0 Å². The van der Waals surface area contributed by atoms with E-state index in [-0.39, 0.29) is 24.1 Å². The smallest absolute Gasteiger partial charge is 0.371 e. The molecule has 2 aromatic heterocycles. The van der Waals surface area contributed by atoms with Crippen LogP contribution in [0.5, 0.6) is 5.75 Å². The molecule has 0 radical (unpaired) electrons. The average Bonchev–Trinajstić information content (AvgIpc) is 3.37. The van der Waals surface area contributed by atoms with E-state index in [0.717, 1.165) is 39.8 Å². The number of aromatic nitrogens is 2. The highest BCUT2D eigenvalue weighted by molar-refractivity contribution is 7.84. The van der Waals surface area contributed by atoms with E-state index in [1.165, 1.54) is 34.8 Å². The molecule has 1 atom stereocenters. The van der Waals surface area contributed by atoms with Crippen molar-refractivity contribution in [3.05, 3.63) is 62.0 Å². The van der Waals surface area contributed by atoms with Gasteiger partial charge in [0.15, 0.2) is 0 Å². The summed E-state index contributed by atoms with van der Waals surface area (Å²) in [6, 6.07) is 6.22. The van der Waals surface area contributed by atoms with Crippen molar-refractivity contribution in [2.24, 2.45) is 5.14 Å². The zero-order valence-electron chi connectivity index (χ0n) is 17.2. The van der Waals surface area contributed by atoms with E-state index in [0.29, 0.717) is 6.42 Å². The highest BCUT2D eigenvalue weighted by atomic mass is 32.2. The number of nitrogens with one attached hydrogen (secondary N) is 1. The normalized spacial score (nSPS) is 12.5. The molecular formula is C20H24N4O4S3. The number of benzene rings is 1. The number of nitrogens with two attached hydrogens (primary N) is 1. The minimum atomic E-state index is -4.07.